The first-order valence-electron chi connectivity index (χ1n) is 8.54. The average Bonchev–Trinajstić information content (AvgIpc) is 2.50. The van der Waals surface area contributed by atoms with Crippen molar-refractivity contribution in [2.75, 3.05) is 13.2 Å². The van der Waals surface area contributed by atoms with Crippen molar-refractivity contribution in [3.05, 3.63) is 0 Å². The zero-order valence-corrected chi connectivity index (χ0v) is 15.8. The number of carbonyl (C=O) groups excluding carboxylic acids is 3. The molecule has 0 aliphatic carbocycles. The highest BCUT2D eigenvalue weighted by atomic mass is 16.7. The van der Waals surface area contributed by atoms with Gasteiger partial charge in [-0.05, 0) is 12.3 Å². The molecule has 0 aromatic carbocycles. The van der Waals surface area contributed by atoms with Crippen LogP contribution in [0.4, 0.5) is 0 Å². The van der Waals surface area contributed by atoms with Gasteiger partial charge in [0.25, 0.3) is 0 Å². The molecule has 0 aromatic rings. The summed E-state index contributed by atoms with van der Waals surface area (Å²) in [6, 6.07) is 0. The van der Waals surface area contributed by atoms with Gasteiger partial charge in [0.15, 0.2) is 18.5 Å². The van der Waals surface area contributed by atoms with Crippen molar-refractivity contribution >= 4 is 17.9 Å². The maximum Gasteiger partial charge on any atom is 0.303 e. The lowest BCUT2D eigenvalue weighted by Crippen LogP contribution is -2.61. The van der Waals surface area contributed by atoms with Crippen LogP contribution in [0.5, 0.6) is 0 Å². The lowest BCUT2D eigenvalue weighted by atomic mass is 9.98. The van der Waals surface area contributed by atoms with Crippen molar-refractivity contribution in [2.45, 2.75) is 71.7 Å². The fourth-order valence-electron chi connectivity index (χ4n) is 2.43. The topological polar surface area (TPSA) is 118 Å². The third-order valence-electron chi connectivity index (χ3n) is 3.65. The predicted octanol–water partition coefficient (Wildman–Crippen LogP) is 0.561. The van der Waals surface area contributed by atoms with Crippen molar-refractivity contribution in [2.24, 2.45) is 5.92 Å². The van der Waals surface area contributed by atoms with Crippen LogP contribution in [0.1, 0.15) is 41.0 Å². The molecule has 0 radical (unpaired) electrons. The smallest absolute Gasteiger partial charge is 0.303 e. The standard InChI is InChI=1S/C17H28O9/c1-9(2)6-7-22-17-16(25-12(5)20)15(24-11(4)19)14(21)13(26-17)8-23-10(3)18/h9,13-17,21H,6-8H2,1-5H3/t13-,14-,15+,16-,17-/m1/s1. The zero-order valence-electron chi connectivity index (χ0n) is 15.8. The molecule has 1 aliphatic heterocycles. The van der Waals surface area contributed by atoms with Crippen molar-refractivity contribution in [3.63, 3.8) is 0 Å². The fraction of sp³-hybridized carbons (Fsp3) is 0.824. The molecule has 0 aromatic heterocycles. The second-order valence-corrected chi connectivity index (χ2v) is 6.54. The van der Waals surface area contributed by atoms with Gasteiger partial charge in [-0.1, -0.05) is 13.8 Å². The van der Waals surface area contributed by atoms with Crippen molar-refractivity contribution in [1.29, 1.82) is 0 Å². The van der Waals surface area contributed by atoms with Crippen LogP contribution in [-0.2, 0) is 38.1 Å². The molecule has 9 heteroatoms. The van der Waals surface area contributed by atoms with Gasteiger partial charge in [0, 0.05) is 20.8 Å². The van der Waals surface area contributed by atoms with E-state index < -0.39 is 48.6 Å². The molecule has 9 nitrogen and oxygen atoms in total. The highest BCUT2D eigenvalue weighted by Gasteiger charge is 2.50. The fourth-order valence-corrected chi connectivity index (χ4v) is 2.43. The van der Waals surface area contributed by atoms with Gasteiger partial charge >= 0.3 is 17.9 Å². The first kappa shape index (κ1) is 22.3. The molecule has 1 N–H and O–H groups in total. The summed E-state index contributed by atoms with van der Waals surface area (Å²) < 4.78 is 26.5. The third-order valence-corrected chi connectivity index (χ3v) is 3.65. The van der Waals surface area contributed by atoms with E-state index in [1.165, 1.54) is 20.8 Å². The minimum absolute atomic E-state index is 0.259. The number of aliphatic hydroxyl groups is 1. The molecule has 1 aliphatic rings. The van der Waals surface area contributed by atoms with Gasteiger partial charge in [0.1, 0.15) is 18.8 Å². The number of rotatable bonds is 8. The summed E-state index contributed by atoms with van der Waals surface area (Å²) in [5.74, 6) is -1.49. The molecule has 26 heavy (non-hydrogen) atoms. The Bertz CT molecular complexity index is 491. The van der Waals surface area contributed by atoms with Gasteiger partial charge in [0.05, 0.1) is 6.61 Å². The molecule has 0 unspecified atom stereocenters. The number of ether oxygens (including phenoxy) is 5. The molecule has 0 saturated carbocycles. The number of hydrogen-bond acceptors (Lipinski definition) is 9. The number of carbonyl (C=O) groups is 3. The Balaban J connectivity index is 2.98. The molecule has 0 spiro atoms. The normalized spacial score (nSPS) is 28.5. The Labute approximate surface area is 152 Å². The Kier molecular flexibility index (Phi) is 8.97. The van der Waals surface area contributed by atoms with Gasteiger partial charge in [-0.3, -0.25) is 14.4 Å². The van der Waals surface area contributed by atoms with Crippen LogP contribution in [0.2, 0.25) is 0 Å². The quantitative estimate of drug-likeness (QED) is 0.479. The van der Waals surface area contributed by atoms with Crippen LogP contribution in [0, 0.1) is 5.92 Å². The predicted molar refractivity (Wildman–Crippen MR) is 87.8 cm³/mol. The Morgan fingerprint density at radius 2 is 1.58 bits per heavy atom. The summed E-state index contributed by atoms with van der Waals surface area (Å²) in [7, 11) is 0. The first-order chi connectivity index (χ1) is 12.1. The van der Waals surface area contributed by atoms with Crippen LogP contribution in [0.15, 0.2) is 0 Å². The minimum Gasteiger partial charge on any atom is -0.463 e. The highest BCUT2D eigenvalue weighted by Crippen LogP contribution is 2.28. The van der Waals surface area contributed by atoms with Crippen molar-refractivity contribution in [1.82, 2.24) is 0 Å². The average molecular weight is 376 g/mol. The second-order valence-electron chi connectivity index (χ2n) is 6.54. The van der Waals surface area contributed by atoms with Crippen LogP contribution < -0.4 is 0 Å². The lowest BCUT2D eigenvalue weighted by molar-refractivity contribution is -0.306. The minimum atomic E-state index is -1.37. The number of esters is 3. The van der Waals surface area contributed by atoms with Gasteiger partial charge in [-0.15, -0.1) is 0 Å². The Morgan fingerprint density at radius 1 is 1.00 bits per heavy atom. The van der Waals surface area contributed by atoms with Gasteiger partial charge in [-0.25, -0.2) is 0 Å². The Hall–Kier alpha value is -1.71. The molecule has 1 rings (SSSR count). The van der Waals surface area contributed by atoms with E-state index in [0.29, 0.717) is 12.5 Å². The molecular weight excluding hydrogens is 348 g/mol. The van der Waals surface area contributed by atoms with E-state index in [2.05, 4.69) is 0 Å². The molecule has 150 valence electrons. The third kappa shape index (κ3) is 7.27. The SMILES string of the molecule is CC(=O)OC[C@H]1O[C@@H](OCCC(C)C)[C@H](OC(C)=O)[C@@H](OC(C)=O)[C@@H]1O. The molecule has 0 bridgehead atoms. The summed E-state index contributed by atoms with van der Waals surface area (Å²) in [6.45, 7) is 7.66. The van der Waals surface area contributed by atoms with Crippen molar-refractivity contribution < 1.29 is 43.2 Å². The zero-order chi connectivity index (χ0) is 19.9. The lowest BCUT2D eigenvalue weighted by Gasteiger charge is -2.42. The number of aliphatic hydroxyl groups excluding tert-OH is 1. The summed E-state index contributed by atoms with van der Waals surface area (Å²) in [6.07, 6.45) is -5.08. The van der Waals surface area contributed by atoms with E-state index in [9.17, 15) is 19.5 Å². The number of hydrogen-bond donors (Lipinski definition) is 1. The van der Waals surface area contributed by atoms with E-state index in [1.807, 2.05) is 13.8 Å². The summed E-state index contributed by atoms with van der Waals surface area (Å²) in [4.78, 5) is 33.9. The maximum absolute atomic E-state index is 11.4. The molecular formula is C17H28O9. The van der Waals surface area contributed by atoms with Crippen molar-refractivity contribution in [3.8, 4) is 0 Å². The van der Waals surface area contributed by atoms with Crippen LogP contribution in [0.25, 0.3) is 0 Å². The second kappa shape index (κ2) is 10.4. The van der Waals surface area contributed by atoms with E-state index in [4.69, 9.17) is 23.7 Å². The highest BCUT2D eigenvalue weighted by molar-refractivity contribution is 5.67. The monoisotopic (exact) mass is 376 g/mol. The van der Waals surface area contributed by atoms with Gasteiger partial charge in [0.2, 0.25) is 0 Å². The van der Waals surface area contributed by atoms with Crippen LogP contribution in [-0.4, -0.2) is 66.9 Å². The van der Waals surface area contributed by atoms with E-state index >= 15 is 0 Å². The Morgan fingerprint density at radius 3 is 2.08 bits per heavy atom. The van der Waals surface area contributed by atoms with Gasteiger partial charge < -0.3 is 28.8 Å². The summed E-state index contributed by atoms with van der Waals surface area (Å²) in [5.41, 5.74) is 0. The van der Waals surface area contributed by atoms with E-state index in [1.54, 1.807) is 0 Å². The van der Waals surface area contributed by atoms with Crippen LogP contribution >= 0.6 is 0 Å². The molecule has 1 fully saturated rings. The molecule has 5 atom stereocenters. The van der Waals surface area contributed by atoms with E-state index in [-0.39, 0.29) is 6.61 Å². The maximum atomic E-state index is 11.4. The molecule has 1 saturated heterocycles. The van der Waals surface area contributed by atoms with Gasteiger partial charge in [-0.2, -0.15) is 0 Å². The molecule has 0 amide bonds. The summed E-state index contributed by atoms with van der Waals surface area (Å²) in [5, 5.41) is 10.5. The summed E-state index contributed by atoms with van der Waals surface area (Å²) >= 11 is 0. The van der Waals surface area contributed by atoms with Crippen LogP contribution in [0.3, 0.4) is 0 Å². The first-order valence-corrected chi connectivity index (χ1v) is 8.54. The molecule has 1 heterocycles. The largest absolute Gasteiger partial charge is 0.463 e. The van der Waals surface area contributed by atoms with E-state index in [0.717, 1.165) is 6.42 Å².